The van der Waals surface area contributed by atoms with Gasteiger partial charge in [-0.3, -0.25) is 0 Å². The molecule has 0 atom stereocenters. The van der Waals surface area contributed by atoms with Gasteiger partial charge in [-0.2, -0.15) is 0 Å². The second kappa shape index (κ2) is 6.16. The molecule has 0 heterocycles. The van der Waals surface area contributed by atoms with Gasteiger partial charge in [0.25, 0.3) is 0 Å². The van der Waals surface area contributed by atoms with Crippen LogP contribution in [0.15, 0.2) is 72.4 Å². The minimum absolute atomic E-state index is 1.19. The summed E-state index contributed by atoms with van der Waals surface area (Å²) >= 11 is 0. The van der Waals surface area contributed by atoms with E-state index in [-0.39, 0.29) is 0 Å². The average Bonchev–Trinajstić information content (AvgIpc) is 2.48. The number of hydrogen-bond acceptors (Lipinski definition) is 0. The fourth-order valence-electron chi connectivity index (χ4n) is 2.80. The van der Waals surface area contributed by atoms with Crippen LogP contribution in [-0.2, 0) is 0 Å². The van der Waals surface area contributed by atoms with E-state index in [4.69, 9.17) is 0 Å². The Kier molecular flexibility index (Phi) is 4.69. The van der Waals surface area contributed by atoms with Gasteiger partial charge in [0.15, 0.2) is 0 Å². The van der Waals surface area contributed by atoms with Crippen molar-refractivity contribution in [3.05, 3.63) is 72.4 Å². The quantitative estimate of drug-likeness (QED) is 0.722. The van der Waals surface area contributed by atoms with Crippen molar-refractivity contribution in [2.24, 2.45) is 0 Å². The zero-order chi connectivity index (χ0) is 15.5. The standard InChI is InChI=1S/C19H26Si2/c1-17(21(4,5)19-14-10-7-11-15-19)16-20(2,3)18-12-8-6-9-13-18/h6-15H,1,16H2,2-5H3. The normalized spacial score (nSPS) is 12.2. The molecule has 2 heteroatoms. The highest BCUT2D eigenvalue weighted by molar-refractivity contribution is 6.99. The number of benzene rings is 2. The van der Waals surface area contributed by atoms with Crippen molar-refractivity contribution in [1.82, 2.24) is 0 Å². The molecule has 21 heavy (non-hydrogen) atoms. The molecule has 0 aliphatic heterocycles. The van der Waals surface area contributed by atoms with Crippen LogP contribution in [-0.4, -0.2) is 16.1 Å². The van der Waals surface area contributed by atoms with Crippen LogP contribution >= 0.6 is 0 Å². The molecule has 110 valence electrons. The summed E-state index contributed by atoms with van der Waals surface area (Å²) in [5, 5.41) is 4.51. The number of rotatable bonds is 5. The summed E-state index contributed by atoms with van der Waals surface area (Å²) < 4.78 is 0. The zero-order valence-corrected chi connectivity index (χ0v) is 15.7. The predicted octanol–water partition coefficient (Wildman–Crippen LogP) is 4.31. The van der Waals surface area contributed by atoms with Crippen LogP contribution in [0.25, 0.3) is 0 Å². The zero-order valence-electron chi connectivity index (χ0n) is 13.7. The lowest BCUT2D eigenvalue weighted by molar-refractivity contribution is 1.46. The van der Waals surface area contributed by atoms with E-state index in [2.05, 4.69) is 93.4 Å². The van der Waals surface area contributed by atoms with Crippen LogP contribution in [0.1, 0.15) is 0 Å². The Morgan fingerprint density at radius 3 is 1.67 bits per heavy atom. The maximum absolute atomic E-state index is 4.51. The Hall–Kier alpha value is -1.39. The molecule has 0 aromatic heterocycles. The third-order valence-electron chi connectivity index (χ3n) is 4.59. The van der Waals surface area contributed by atoms with E-state index >= 15 is 0 Å². The predicted molar refractivity (Wildman–Crippen MR) is 101 cm³/mol. The molecule has 0 nitrogen and oxygen atoms in total. The summed E-state index contributed by atoms with van der Waals surface area (Å²) in [6, 6.07) is 23.1. The van der Waals surface area contributed by atoms with Crippen LogP contribution < -0.4 is 10.4 Å². The maximum Gasteiger partial charge on any atom is 0.106 e. The molecular weight excluding hydrogens is 284 g/mol. The summed E-state index contributed by atoms with van der Waals surface area (Å²) in [6.07, 6.45) is 0. The van der Waals surface area contributed by atoms with E-state index in [0.717, 1.165) is 0 Å². The molecule has 0 fully saturated rings. The highest BCUT2D eigenvalue weighted by Crippen LogP contribution is 2.24. The minimum atomic E-state index is -1.59. The van der Waals surface area contributed by atoms with E-state index < -0.39 is 16.1 Å². The van der Waals surface area contributed by atoms with E-state index in [9.17, 15) is 0 Å². The Bertz CT molecular complexity index is 598. The Morgan fingerprint density at radius 1 is 0.762 bits per heavy atom. The highest BCUT2D eigenvalue weighted by atomic mass is 28.3. The minimum Gasteiger partial charge on any atom is -0.104 e. The van der Waals surface area contributed by atoms with Crippen LogP contribution in [0.4, 0.5) is 0 Å². The Morgan fingerprint density at radius 2 is 1.19 bits per heavy atom. The van der Waals surface area contributed by atoms with Crippen LogP contribution in [0.3, 0.4) is 0 Å². The fourth-order valence-corrected chi connectivity index (χ4v) is 9.70. The first-order valence-corrected chi connectivity index (χ1v) is 13.8. The van der Waals surface area contributed by atoms with E-state index in [1.165, 1.54) is 21.6 Å². The van der Waals surface area contributed by atoms with Gasteiger partial charge < -0.3 is 0 Å². The lowest BCUT2D eigenvalue weighted by Crippen LogP contribution is -2.49. The molecule has 0 spiro atoms. The van der Waals surface area contributed by atoms with Crippen molar-refractivity contribution in [2.45, 2.75) is 32.2 Å². The summed E-state index contributed by atoms with van der Waals surface area (Å²) in [6.45, 7) is 14.3. The third kappa shape index (κ3) is 3.63. The average molecular weight is 311 g/mol. The van der Waals surface area contributed by atoms with Gasteiger partial charge in [0, 0.05) is 0 Å². The van der Waals surface area contributed by atoms with Gasteiger partial charge in [-0.05, 0) is 6.04 Å². The highest BCUT2D eigenvalue weighted by Gasteiger charge is 2.32. The molecule has 0 aliphatic carbocycles. The van der Waals surface area contributed by atoms with Crippen molar-refractivity contribution in [3.8, 4) is 0 Å². The first kappa shape index (κ1) is 16.0. The van der Waals surface area contributed by atoms with Gasteiger partial charge >= 0.3 is 0 Å². The lowest BCUT2D eigenvalue weighted by Gasteiger charge is -2.32. The third-order valence-corrected chi connectivity index (χ3v) is 11.9. The van der Waals surface area contributed by atoms with Crippen molar-refractivity contribution in [2.75, 3.05) is 0 Å². The van der Waals surface area contributed by atoms with Crippen molar-refractivity contribution in [3.63, 3.8) is 0 Å². The van der Waals surface area contributed by atoms with Crippen molar-refractivity contribution in [1.29, 1.82) is 0 Å². The van der Waals surface area contributed by atoms with Gasteiger partial charge in [0.05, 0.1) is 8.07 Å². The molecule has 0 N–H and O–H groups in total. The molecule has 2 aromatic carbocycles. The van der Waals surface area contributed by atoms with Crippen LogP contribution in [0.2, 0.25) is 32.2 Å². The molecule has 0 saturated heterocycles. The smallest absolute Gasteiger partial charge is 0.104 e. The van der Waals surface area contributed by atoms with Gasteiger partial charge in [-0.1, -0.05) is 102 Å². The Balaban J connectivity index is 2.21. The SMILES string of the molecule is C=C(C[Si](C)(C)c1ccccc1)[Si](C)(C)c1ccccc1. The van der Waals surface area contributed by atoms with E-state index in [1.54, 1.807) is 0 Å². The number of allylic oxidation sites excluding steroid dienone is 1. The number of hydrogen-bond donors (Lipinski definition) is 0. The van der Waals surface area contributed by atoms with Gasteiger partial charge in [-0.15, -0.1) is 6.58 Å². The van der Waals surface area contributed by atoms with Crippen molar-refractivity contribution < 1.29 is 0 Å². The van der Waals surface area contributed by atoms with Gasteiger partial charge in [-0.25, -0.2) is 0 Å². The molecule has 2 rings (SSSR count). The summed E-state index contributed by atoms with van der Waals surface area (Å²) in [7, 11) is -3.04. The summed E-state index contributed by atoms with van der Waals surface area (Å²) in [5.74, 6) is 0. The first-order chi connectivity index (χ1) is 9.84. The molecule has 0 aliphatic rings. The van der Waals surface area contributed by atoms with Crippen molar-refractivity contribution >= 4 is 26.5 Å². The molecule has 0 amide bonds. The maximum atomic E-state index is 4.51. The Labute approximate surface area is 131 Å². The van der Waals surface area contributed by atoms with E-state index in [1.807, 2.05) is 0 Å². The van der Waals surface area contributed by atoms with E-state index in [0.29, 0.717) is 0 Å². The molecule has 0 radical (unpaired) electrons. The van der Waals surface area contributed by atoms with Crippen LogP contribution in [0.5, 0.6) is 0 Å². The lowest BCUT2D eigenvalue weighted by atomic mass is 10.4. The molecule has 0 unspecified atom stereocenters. The second-order valence-corrected chi connectivity index (χ2v) is 16.3. The van der Waals surface area contributed by atoms with Gasteiger partial charge in [0.1, 0.15) is 8.07 Å². The fraction of sp³-hybridized carbons (Fsp3) is 0.263. The van der Waals surface area contributed by atoms with Crippen LogP contribution in [0, 0.1) is 0 Å². The monoisotopic (exact) mass is 310 g/mol. The second-order valence-electron chi connectivity index (χ2n) is 7.02. The molecule has 0 saturated carbocycles. The first-order valence-electron chi connectivity index (χ1n) is 7.63. The summed E-state index contributed by atoms with van der Waals surface area (Å²) in [5.41, 5.74) is 0. The topological polar surface area (TPSA) is 0 Å². The van der Waals surface area contributed by atoms with Gasteiger partial charge in [0.2, 0.25) is 0 Å². The molecule has 0 bridgehead atoms. The largest absolute Gasteiger partial charge is 0.106 e. The molecule has 2 aromatic rings. The summed E-state index contributed by atoms with van der Waals surface area (Å²) in [4.78, 5) is 0. The molecular formula is C19H26Si2.